The second-order valence-electron chi connectivity index (χ2n) is 4.68. The number of hydrogen-bond acceptors (Lipinski definition) is 3. The van der Waals surface area contributed by atoms with Gasteiger partial charge in [0.25, 0.3) is 0 Å². The maximum atomic E-state index is 11.6. The second-order valence-corrected chi connectivity index (χ2v) is 4.68. The molecule has 0 bridgehead atoms. The topological polar surface area (TPSA) is 52.3 Å². The van der Waals surface area contributed by atoms with Gasteiger partial charge in [0.15, 0.2) is 0 Å². The van der Waals surface area contributed by atoms with Crippen molar-refractivity contribution in [1.82, 2.24) is 0 Å². The van der Waals surface area contributed by atoms with Gasteiger partial charge in [0.2, 0.25) is 0 Å². The van der Waals surface area contributed by atoms with E-state index < -0.39 is 5.54 Å². The molecule has 3 heteroatoms. The van der Waals surface area contributed by atoms with Crippen molar-refractivity contribution in [2.45, 2.75) is 63.0 Å². The third-order valence-electron chi connectivity index (χ3n) is 3.27. The van der Waals surface area contributed by atoms with Gasteiger partial charge in [-0.05, 0) is 38.5 Å². The molecule has 14 heavy (non-hydrogen) atoms. The first-order valence-electron chi connectivity index (χ1n) is 5.71. The Morgan fingerprint density at radius 1 is 1.14 bits per heavy atom. The van der Waals surface area contributed by atoms with Crippen molar-refractivity contribution in [3.05, 3.63) is 0 Å². The van der Waals surface area contributed by atoms with Gasteiger partial charge in [0, 0.05) is 0 Å². The third-order valence-corrected chi connectivity index (χ3v) is 3.27. The monoisotopic (exact) mass is 197 g/mol. The van der Waals surface area contributed by atoms with E-state index >= 15 is 0 Å². The Bertz CT molecular complexity index is 215. The Morgan fingerprint density at radius 2 is 1.71 bits per heavy atom. The second kappa shape index (κ2) is 3.89. The van der Waals surface area contributed by atoms with E-state index in [9.17, 15) is 4.79 Å². The molecule has 0 spiro atoms. The van der Waals surface area contributed by atoms with Crippen molar-refractivity contribution in [3.63, 3.8) is 0 Å². The van der Waals surface area contributed by atoms with E-state index in [-0.39, 0.29) is 12.1 Å². The summed E-state index contributed by atoms with van der Waals surface area (Å²) >= 11 is 0. The van der Waals surface area contributed by atoms with Crippen molar-refractivity contribution in [1.29, 1.82) is 0 Å². The quantitative estimate of drug-likeness (QED) is 0.542. The molecule has 0 amide bonds. The molecule has 2 aliphatic rings. The highest BCUT2D eigenvalue weighted by Crippen LogP contribution is 2.34. The van der Waals surface area contributed by atoms with Crippen LogP contribution in [0.4, 0.5) is 0 Å². The molecule has 2 saturated carbocycles. The molecule has 0 radical (unpaired) electrons. The first kappa shape index (κ1) is 9.97. The Balaban J connectivity index is 1.80. The summed E-state index contributed by atoms with van der Waals surface area (Å²) in [5.74, 6) is -0.163. The fraction of sp³-hybridized carbons (Fsp3) is 0.909. The van der Waals surface area contributed by atoms with Gasteiger partial charge in [0.05, 0.1) is 0 Å². The number of rotatable bonds is 2. The molecule has 3 nitrogen and oxygen atoms in total. The molecule has 2 fully saturated rings. The zero-order valence-electron chi connectivity index (χ0n) is 8.63. The summed E-state index contributed by atoms with van der Waals surface area (Å²) in [6, 6.07) is 0. The maximum Gasteiger partial charge on any atom is 0.326 e. The predicted molar refractivity (Wildman–Crippen MR) is 53.7 cm³/mol. The minimum atomic E-state index is -0.605. The Morgan fingerprint density at radius 3 is 2.21 bits per heavy atom. The number of ether oxygens (including phenoxy) is 1. The van der Waals surface area contributed by atoms with Crippen LogP contribution in [-0.2, 0) is 9.53 Å². The van der Waals surface area contributed by atoms with Gasteiger partial charge in [0.1, 0.15) is 11.6 Å². The Labute approximate surface area is 85.0 Å². The largest absolute Gasteiger partial charge is 0.461 e. The minimum absolute atomic E-state index is 0.144. The molecule has 0 unspecified atom stereocenters. The van der Waals surface area contributed by atoms with E-state index in [1.54, 1.807) is 0 Å². The van der Waals surface area contributed by atoms with Gasteiger partial charge in [-0.3, -0.25) is 4.79 Å². The van der Waals surface area contributed by atoms with Crippen LogP contribution in [0.2, 0.25) is 0 Å². The Hall–Kier alpha value is -0.570. The van der Waals surface area contributed by atoms with E-state index in [1.807, 2.05) is 0 Å². The lowest BCUT2D eigenvalue weighted by Crippen LogP contribution is -2.37. The summed E-state index contributed by atoms with van der Waals surface area (Å²) in [5.41, 5.74) is 5.17. The van der Waals surface area contributed by atoms with E-state index in [2.05, 4.69) is 0 Å². The van der Waals surface area contributed by atoms with Gasteiger partial charge in [-0.15, -0.1) is 0 Å². The van der Waals surface area contributed by atoms with Gasteiger partial charge >= 0.3 is 5.97 Å². The van der Waals surface area contributed by atoms with Gasteiger partial charge < -0.3 is 10.5 Å². The number of hydrogen-bond donors (Lipinski definition) is 1. The van der Waals surface area contributed by atoms with Crippen LogP contribution in [0.15, 0.2) is 0 Å². The van der Waals surface area contributed by atoms with Crippen LogP contribution in [0.25, 0.3) is 0 Å². The van der Waals surface area contributed by atoms with Crippen molar-refractivity contribution in [2.24, 2.45) is 5.73 Å². The van der Waals surface area contributed by atoms with E-state index in [1.165, 1.54) is 25.7 Å². The SMILES string of the molecule is NC1(C(=O)OC2CCCCCC2)CC1. The fourth-order valence-corrected chi connectivity index (χ4v) is 1.97. The van der Waals surface area contributed by atoms with Crippen LogP contribution >= 0.6 is 0 Å². The molecule has 2 rings (SSSR count). The zero-order valence-corrected chi connectivity index (χ0v) is 8.63. The maximum absolute atomic E-state index is 11.6. The average Bonchev–Trinajstić information content (AvgIpc) is 2.92. The standard InChI is InChI=1S/C11H19NO2/c12-11(7-8-11)10(13)14-9-5-3-1-2-4-6-9/h9H,1-8,12H2. The molecule has 0 heterocycles. The number of nitrogens with two attached hydrogens (primary N) is 1. The lowest BCUT2D eigenvalue weighted by molar-refractivity contribution is -0.152. The molecule has 0 aliphatic heterocycles. The number of carbonyl (C=O) groups excluding carboxylic acids is 1. The summed E-state index contributed by atoms with van der Waals surface area (Å²) in [6.07, 6.45) is 8.75. The van der Waals surface area contributed by atoms with Gasteiger partial charge in [-0.2, -0.15) is 0 Å². The first-order valence-corrected chi connectivity index (χ1v) is 5.71. The van der Waals surface area contributed by atoms with E-state index in [4.69, 9.17) is 10.5 Å². The molecule has 80 valence electrons. The van der Waals surface area contributed by atoms with Crippen molar-refractivity contribution in [2.75, 3.05) is 0 Å². The summed E-state index contributed by atoms with van der Waals surface area (Å²) in [4.78, 5) is 11.6. The highest BCUT2D eigenvalue weighted by molar-refractivity contribution is 5.83. The third kappa shape index (κ3) is 2.27. The molecule has 0 aromatic carbocycles. The summed E-state index contributed by atoms with van der Waals surface area (Å²) < 4.78 is 5.43. The molecular weight excluding hydrogens is 178 g/mol. The van der Waals surface area contributed by atoms with Crippen LogP contribution in [-0.4, -0.2) is 17.6 Å². The molecule has 0 aromatic rings. The first-order chi connectivity index (χ1) is 6.71. The normalized spacial score (nSPS) is 26.6. The summed E-state index contributed by atoms with van der Waals surface area (Å²) in [5, 5.41) is 0. The van der Waals surface area contributed by atoms with Crippen molar-refractivity contribution in [3.8, 4) is 0 Å². The minimum Gasteiger partial charge on any atom is -0.461 e. The lowest BCUT2D eigenvalue weighted by Gasteiger charge is -2.17. The van der Waals surface area contributed by atoms with E-state index in [0.717, 1.165) is 25.7 Å². The Kier molecular flexibility index (Phi) is 2.77. The zero-order chi connectivity index (χ0) is 10.0. The van der Waals surface area contributed by atoms with Crippen LogP contribution in [0.5, 0.6) is 0 Å². The van der Waals surface area contributed by atoms with Gasteiger partial charge in [-0.1, -0.05) is 12.8 Å². The molecule has 2 aliphatic carbocycles. The van der Waals surface area contributed by atoms with Crippen LogP contribution in [0, 0.1) is 0 Å². The van der Waals surface area contributed by atoms with Crippen LogP contribution in [0.1, 0.15) is 51.4 Å². The molecule has 0 saturated heterocycles. The molecule has 0 aromatic heterocycles. The van der Waals surface area contributed by atoms with Crippen LogP contribution in [0.3, 0.4) is 0 Å². The molecule has 0 atom stereocenters. The highest BCUT2D eigenvalue weighted by Gasteiger charge is 2.48. The average molecular weight is 197 g/mol. The lowest BCUT2D eigenvalue weighted by atomic mass is 10.1. The number of carbonyl (C=O) groups is 1. The highest BCUT2D eigenvalue weighted by atomic mass is 16.5. The van der Waals surface area contributed by atoms with Crippen molar-refractivity contribution < 1.29 is 9.53 Å². The van der Waals surface area contributed by atoms with Crippen LogP contribution < -0.4 is 5.73 Å². The molecular formula is C11H19NO2. The molecule has 2 N–H and O–H groups in total. The van der Waals surface area contributed by atoms with Crippen molar-refractivity contribution >= 4 is 5.97 Å². The summed E-state index contributed by atoms with van der Waals surface area (Å²) in [7, 11) is 0. The summed E-state index contributed by atoms with van der Waals surface area (Å²) in [6.45, 7) is 0. The number of esters is 1. The predicted octanol–water partition coefficient (Wildman–Crippen LogP) is 1.74. The van der Waals surface area contributed by atoms with E-state index in [0.29, 0.717) is 0 Å². The van der Waals surface area contributed by atoms with Gasteiger partial charge in [-0.25, -0.2) is 0 Å². The smallest absolute Gasteiger partial charge is 0.326 e. The fourth-order valence-electron chi connectivity index (χ4n) is 1.97.